The van der Waals surface area contributed by atoms with E-state index in [0.717, 1.165) is 9.99 Å². The van der Waals surface area contributed by atoms with Gasteiger partial charge in [0.25, 0.3) is 0 Å². The molecule has 2 aromatic carbocycles. The first kappa shape index (κ1) is 8.86. The lowest BCUT2D eigenvalue weighted by atomic mass is 10.1. The predicted octanol–water partition coefficient (Wildman–Crippen LogP) is 4.15. The summed E-state index contributed by atoms with van der Waals surface area (Å²) in [6, 6.07) is 14.5. The van der Waals surface area contributed by atoms with Gasteiger partial charge in [-0.1, -0.05) is 46.3 Å². The smallest absolute Gasteiger partial charge is 0.0719 e. The van der Waals surface area contributed by atoms with Crippen LogP contribution in [0.15, 0.2) is 53.1 Å². The Morgan fingerprint density at radius 1 is 0.933 bits per heavy atom. The first-order valence-corrected chi connectivity index (χ1v) is 5.57. The van der Waals surface area contributed by atoms with Crippen LogP contribution in [0.4, 0.5) is 0 Å². The molecule has 0 bridgehead atoms. The maximum atomic E-state index is 4.44. The summed E-state index contributed by atoms with van der Waals surface area (Å²) >= 11 is 3.46. The normalized spacial score (nSPS) is 11.0. The number of hydrogen-bond acceptors (Lipinski definition) is 1. The molecule has 2 heteroatoms. The summed E-state index contributed by atoms with van der Waals surface area (Å²) in [4.78, 5) is 4.44. The molecule has 0 spiro atoms. The van der Waals surface area contributed by atoms with Gasteiger partial charge in [-0.15, -0.1) is 0 Å². The minimum atomic E-state index is 1.03. The van der Waals surface area contributed by atoms with E-state index in [-0.39, 0.29) is 0 Å². The van der Waals surface area contributed by atoms with Crippen LogP contribution in [0.3, 0.4) is 0 Å². The standard InChI is InChI=1S/C13H8BrN/c14-10-5-6-12-11-4-2-1-3-9(11)8-15-13(12)7-10/h1-8H. The van der Waals surface area contributed by atoms with E-state index in [0.29, 0.717) is 0 Å². The summed E-state index contributed by atoms with van der Waals surface area (Å²) in [5, 5.41) is 3.65. The van der Waals surface area contributed by atoms with Crippen molar-refractivity contribution in [2.45, 2.75) is 0 Å². The Balaban J connectivity index is 2.55. The maximum Gasteiger partial charge on any atom is 0.0719 e. The van der Waals surface area contributed by atoms with Gasteiger partial charge in [-0.3, -0.25) is 4.98 Å². The molecule has 1 aromatic heterocycles. The number of fused-ring (bicyclic) bond motifs is 3. The summed E-state index contributed by atoms with van der Waals surface area (Å²) < 4.78 is 1.07. The van der Waals surface area contributed by atoms with Crippen molar-refractivity contribution in [3.63, 3.8) is 0 Å². The Kier molecular flexibility index (Phi) is 1.96. The zero-order chi connectivity index (χ0) is 10.3. The molecule has 3 aromatic rings. The molecule has 0 N–H and O–H groups in total. The van der Waals surface area contributed by atoms with Gasteiger partial charge in [0.05, 0.1) is 5.52 Å². The predicted molar refractivity (Wildman–Crippen MR) is 66.9 cm³/mol. The number of aromatic nitrogens is 1. The van der Waals surface area contributed by atoms with Gasteiger partial charge in [-0.25, -0.2) is 0 Å². The molecule has 0 amide bonds. The number of hydrogen-bond donors (Lipinski definition) is 0. The number of benzene rings is 2. The summed E-state index contributed by atoms with van der Waals surface area (Å²) in [6.45, 7) is 0. The lowest BCUT2D eigenvalue weighted by molar-refractivity contribution is 1.44. The van der Waals surface area contributed by atoms with Crippen LogP contribution < -0.4 is 0 Å². The summed E-state index contributed by atoms with van der Waals surface area (Å²) in [5.74, 6) is 0. The van der Waals surface area contributed by atoms with Crippen molar-refractivity contribution in [3.8, 4) is 0 Å². The Morgan fingerprint density at radius 3 is 2.73 bits per heavy atom. The first-order chi connectivity index (χ1) is 7.34. The minimum absolute atomic E-state index is 1.03. The lowest BCUT2D eigenvalue weighted by Crippen LogP contribution is -1.81. The summed E-state index contributed by atoms with van der Waals surface area (Å²) in [7, 11) is 0. The number of pyridine rings is 1. The molecule has 0 aliphatic heterocycles. The van der Waals surface area contributed by atoms with Gasteiger partial charge in [0.1, 0.15) is 0 Å². The Morgan fingerprint density at radius 2 is 1.80 bits per heavy atom. The van der Waals surface area contributed by atoms with E-state index < -0.39 is 0 Å². The molecule has 0 saturated carbocycles. The zero-order valence-electron chi connectivity index (χ0n) is 7.94. The van der Waals surface area contributed by atoms with E-state index >= 15 is 0 Å². The topological polar surface area (TPSA) is 12.9 Å². The molecule has 3 rings (SSSR count). The second-order valence-corrected chi connectivity index (χ2v) is 4.42. The fourth-order valence-corrected chi connectivity index (χ4v) is 2.18. The van der Waals surface area contributed by atoms with E-state index in [1.807, 2.05) is 18.3 Å². The van der Waals surface area contributed by atoms with Gasteiger partial charge >= 0.3 is 0 Å². The highest BCUT2D eigenvalue weighted by Crippen LogP contribution is 2.25. The Hall–Kier alpha value is -1.41. The Labute approximate surface area is 95.9 Å². The molecule has 72 valence electrons. The molecule has 15 heavy (non-hydrogen) atoms. The number of rotatable bonds is 0. The molecule has 1 heterocycles. The quantitative estimate of drug-likeness (QED) is 0.552. The van der Waals surface area contributed by atoms with Crippen LogP contribution in [-0.4, -0.2) is 4.98 Å². The van der Waals surface area contributed by atoms with Gasteiger partial charge in [-0.2, -0.15) is 0 Å². The van der Waals surface area contributed by atoms with Crippen LogP contribution in [0, 0.1) is 0 Å². The van der Waals surface area contributed by atoms with Crippen LogP contribution in [0.1, 0.15) is 0 Å². The van der Waals surface area contributed by atoms with Crippen LogP contribution >= 0.6 is 15.9 Å². The van der Waals surface area contributed by atoms with Crippen molar-refractivity contribution >= 4 is 37.6 Å². The third-order valence-corrected chi connectivity index (χ3v) is 3.05. The van der Waals surface area contributed by atoms with Crippen molar-refractivity contribution in [2.75, 3.05) is 0 Å². The minimum Gasteiger partial charge on any atom is -0.256 e. The molecule has 0 radical (unpaired) electrons. The number of halogens is 1. The molecule has 0 aliphatic carbocycles. The van der Waals surface area contributed by atoms with E-state index in [4.69, 9.17) is 0 Å². The Bertz CT molecular complexity index is 646. The van der Waals surface area contributed by atoms with Crippen molar-refractivity contribution in [1.82, 2.24) is 4.98 Å². The van der Waals surface area contributed by atoms with Crippen LogP contribution in [0.5, 0.6) is 0 Å². The van der Waals surface area contributed by atoms with Crippen molar-refractivity contribution in [1.29, 1.82) is 0 Å². The summed E-state index contributed by atoms with van der Waals surface area (Å²) in [6.07, 6.45) is 1.92. The van der Waals surface area contributed by atoms with Gasteiger partial charge in [0.2, 0.25) is 0 Å². The van der Waals surface area contributed by atoms with Crippen molar-refractivity contribution in [2.24, 2.45) is 0 Å². The van der Waals surface area contributed by atoms with Crippen LogP contribution in [0.2, 0.25) is 0 Å². The fourth-order valence-electron chi connectivity index (χ4n) is 1.83. The highest BCUT2D eigenvalue weighted by atomic mass is 79.9. The van der Waals surface area contributed by atoms with Crippen molar-refractivity contribution < 1.29 is 0 Å². The highest BCUT2D eigenvalue weighted by Gasteiger charge is 2.00. The molecule has 0 unspecified atom stereocenters. The maximum absolute atomic E-state index is 4.44. The van der Waals surface area contributed by atoms with Crippen LogP contribution in [-0.2, 0) is 0 Å². The molecule has 0 saturated heterocycles. The van der Waals surface area contributed by atoms with Crippen LogP contribution in [0.25, 0.3) is 21.7 Å². The molecule has 0 aliphatic rings. The van der Waals surface area contributed by atoms with E-state index in [2.05, 4.69) is 51.2 Å². The van der Waals surface area contributed by atoms with Crippen molar-refractivity contribution in [3.05, 3.63) is 53.1 Å². The van der Waals surface area contributed by atoms with E-state index in [9.17, 15) is 0 Å². The lowest BCUT2D eigenvalue weighted by Gasteiger charge is -2.02. The first-order valence-electron chi connectivity index (χ1n) is 4.77. The van der Waals surface area contributed by atoms with Gasteiger partial charge in [-0.05, 0) is 17.5 Å². The number of nitrogens with zero attached hydrogens (tertiary/aromatic N) is 1. The molecule has 0 atom stereocenters. The largest absolute Gasteiger partial charge is 0.256 e. The average Bonchev–Trinajstić information content (AvgIpc) is 2.28. The summed E-state index contributed by atoms with van der Waals surface area (Å²) in [5.41, 5.74) is 1.03. The fraction of sp³-hybridized carbons (Fsp3) is 0. The molecular formula is C13H8BrN. The van der Waals surface area contributed by atoms with Gasteiger partial charge in [0.15, 0.2) is 0 Å². The van der Waals surface area contributed by atoms with E-state index in [1.165, 1.54) is 16.2 Å². The zero-order valence-corrected chi connectivity index (χ0v) is 9.53. The molecule has 0 fully saturated rings. The third kappa shape index (κ3) is 1.41. The second-order valence-electron chi connectivity index (χ2n) is 3.51. The van der Waals surface area contributed by atoms with Gasteiger partial charge in [0, 0.05) is 21.4 Å². The molecular weight excluding hydrogens is 250 g/mol. The third-order valence-electron chi connectivity index (χ3n) is 2.55. The van der Waals surface area contributed by atoms with Gasteiger partial charge < -0.3 is 0 Å². The SMILES string of the molecule is Brc1ccc2c(c1)ncc1ccccc12. The second kappa shape index (κ2) is 3.31. The average molecular weight is 258 g/mol. The highest BCUT2D eigenvalue weighted by molar-refractivity contribution is 9.10. The monoisotopic (exact) mass is 257 g/mol. The molecule has 1 nitrogen and oxygen atoms in total. The van der Waals surface area contributed by atoms with E-state index in [1.54, 1.807) is 0 Å².